The summed E-state index contributed by atoms with van der Waals surface area (Å²) >= 11 is 18.1. The van der Waals surface area contributed by atoms with E-state index in [0.29, 0.717) is 21.3 Å². The van der Waals surface area contributed by atoms with Crippen LogP contribution >= 0.6 is 34.8 Å². The van der Waals surface area contributed by atoms with Crippen molar-refractivity contribution in [3.05, 3.63) is 50.6 Å². The van der Waals surface area contributed by atoms with E-state index in [1.165, 1.54) is 7.11 Å². The van der Waals surface area contributed by atoms with Gasteiger partial charge in [0.1, 0.15) is 0 Å². The third-order valence-electron chi connectivity index (χ3n) is 2.75. The molecule has 0 saturated heterocycles. The maximum absolute atomic E-state index is 11.6. The molecule has 0 amide bonds. The fourth-order valence-electron chi connectivity index (χ4n) is 1.69. The first-order valence-electron chi connectivity index (χ1n) is 5.65. The summed E-state index contributed by atoms with van der Waals surface area (Å²) in [6, 6.07) is 6.71. The first-order chi connectivity index (χ1) is 9.43. The van der Waals surface area contributed by atoms with E-state index in [0.717, 1.165) is 5.56 Å². The van der Waals surface area contributed by atoms with Crippen molar-refractivity contribution in [2.75, 3.05) is 7.11 Å². The second kappa shape index (κ2) is 6.00. The second-order valence-corrected chi connectivity index (χ2v) is 5.32. The van der Waals surface area contributed by atoms with E-state index in [2.05, 4.69) is 9.72 Å². The normalized spacial score (nSPS) is 10.4. The zero-order valence-corrected chi connectivity index (χ0v) is 13.0. The quantitative estimate of drug-likeness (QED) is 0.742. The van der Waals surface area contributed by atoms with Crippen LogP contribution in [0.2, 0.25) is 15.1 Å². The molecule has 2 aromatic rings. The minimum Gasteiger partial charge on any atom is -0.464 e. The van der Waals surface area contributed by atoms with Crippen LogP contribution in [0.1, 0.15) is 16.1 Å². The van der Waals surface area contributed by atoms with Gasteiger partial charge in [-0.25, -0.2) is 9.78 Å². The molecule has 0 aliphatic rings. The highest BCUT2D eigenvalue weighted by Crippen LogP contribution is 2.32. The first kappa shape index (κ1) is 15.1. The molecule has 0 spiro atoms. The molecule has 0 saturated carbocycles. The molecule has 0 radical (unpaired) electrons. The van der Waals surface area contributed by atoms with Crippen LogP contribution in [0.5, 0.6) is 0 Å². The molecule has 2 rings (SSSR count). The van der Waals surface area contributed by atoms with Crippen LogP contribution in [0.15, 0.2) is 24.3 Å². The van der Waals surface area contributed by atoms with Gasteiger partial charge in [-0.2, -0.15) is 0 Å². The van der Waals surface area contributed by atoms with Crippen LogP contribution in [-0.2, 0) is 4.74 Å². The van der Waals surface area contributed by atoms with Gasteiger partial charge < -0.3 is 4.74 Å². The summed E-state index contributed by atoms with van der Waals surface area (Å²) in [4.78, 5) is 15.8. The van der Waals surface area contributed by atoms with Crippen LogP contribution in [-0.4, -0.2) is 18.1 Å². The highest BCUT2D eigenvalue weighted by atomic mass is 35.5. The molecule has 0 atom stereocenters. The fraction of sp³-hybridized carbons (Fsp3) is 0.143. The molecule has 0 bridgehead atoms. The average Bonchev–Trinajstić information content (AvgIpc) is 2.43. The van der Waals surface area contributed by atoms with E-state index in [1.807, 2.05) is 13.0 Å². The Labute approximate surface area is 131 Å². The number of rotatable bonds is 2. The van der Waals surface area contributed by atoms with Gasteiger partial charge >= 0.3 is 5.97 Å². The summed E-state index contributed by atoms with van der Waals surface area (Å²) in [6.45, 7) is 1.86. The Morgan fingerprint density at radius 1 is 1.10 bits per heavy atom. The van der Waals surface area contributed by atoms with Crippen molar-refractivity contribution in [2.24, 2.45) is 0 Å². The van der Waals surface area contributed by atoms with Gasteiger partial charge in [-0.05, 0) is 36.8 Å². The minimum absolute atomic E-state index is 0.0512. The Hall–Kier alpha value is -1.29. The summed E-state index contributed by atoms with van der Waals surface area (Å²) in [5.74, 6) is -0.598. The molecule has 1 aromatic carbocycles. The van der Waals surface area contributed by atoms with Crippen molar-refractivity contribution in [3.8, 4) is 11.3 Å². The van der Waals surface area contributed by atoms with E-state index < -0.39 is 5.97 Å². The van der Waals surface area contributed by atoms with Crippen LogP contribution < -0.4 is 0 Å². The van der Waals surface area contributed by atoms with E-state index in [-0.39, 0.29) is 10.7 Å². The Balaban J connectivity index is 2.59. The zero-order valence-electron chi connectivity index (χ0n) is 10.7. The Kier molecular flexibility index (Phi) is 4.53. The maximum Gasteiger partial charge on any atom is 0.358 e. The van der Waals surface area contributed by atoms with Crippen molar-refractivity contribution in [1.29, 1.82) is 0 Å². The third-order valence-corrected chi connectivity index (χ3v) is 3.77. The Morgan fingerprint density at radius 3 is 2.45 bits per heavy atom. The molecule has 104 valence electrons. The largest absolute Gasteiger partial charge is 0.464 e. The minimum atomic E-state index is -0.598. The van der Waals surface area contributed by atoms with Crippen LogP contribution in [0.25, 0.3) is 11.3 Å². The molecular formula is C14H10Cl3NO2. The van der Waals surface area contributed by atoms with E-state index in [4.69, 9.17) is 34.8 Å². The van der Waals surface area contributed by atoms with Crippen LogP contribution in [0.4, 0.5) is 0 Å². The van der Waals surface area contributed by atoms with Crippen molar-refractivity contribution in [2.45, 2.75) is 6.92 Å². The Bertz CT molecular complexity index is 686. The third kappa shape index (κ3) is 2.90. The average molecular weight is 331 g/mol. The topological polar surface area (TPSA) is 39.2 Å². The number of hydrogen-bond acceptors (Lipinski definition) is 3. The summed E-state index contributed by atoms with van der Waals surface area (Å²) in [5.41, 5.74) is 2.12. The smallest absolute Gasteiger partial charge is 0.358 e. The van der Waals surface area contributed by atoms with Gasteiger partial charge in [-0.15, -0.1) is 0 Å². The first-order valence-corrected chi connectivity index (χ1v) is 6.78. The number of esters is 1. The molecule has 1 heterocycles. The number of nitrogens with zero attached hydrogens (tertiary/aromatic N) is 1. The zero-order chi connectivity index (χ0) is 14.9. The summed E-state index contributed by atoms with van der Waals surface area (Å²) in [7, 11) is 1.27. The van der Waals surface area contributed by atoms with Gasteiger partial charge in [0.15, 0.2) is 5.69 Å². The number of halogens is 3. The number of hydrogen-bond donors (Lipinski definition) is 0. The molecule has 0 N–H and O–H groups in total. The second-order valence-electron chi connectivity index (χ2n) is 4.10. The van der Waals surface area contributed by atoms with Crippen molar-refractivity contribution >= 4 is 40.8 Å². The van der Waals surface area contributed by atoms with Gasteiger partial charge in [-0.1, -0.05) is 34.8 Å². The number of carbonyl (C=O) groups excluding carboxylic acids is 1. The van der Waals surface area contributed by atoms with Gasteiger partial charge in [-0.3, -0.25) is 0 Å². The summed E-state index contributed by atoms with van der Waals surface area (Å²) in [6.07, 6.45) is 0. The van der Waals surface area contributed by atoms with E-state index in [1.54, 1.807) is 18.2 Å². The van der Waals surface area contributed by atoms with Gasteiger partial charge in [0.25, 0.3) is 0 Å². The van der Waals surface area contributed by atoms with E-state index >= 15 is 0 Å². The van der Waals surface area contributed by atoms with Gasteiger partial charge in [0.2, 0.25) is 0 Å². The van der Waals surface area contributed by atoms with Crippen molar-refractivity contribution in [1.82, 2.24) is 4.98 Å². The SMILES string of the molecule is COC(=O)c1nc(-c2cc(C)c(Cl)cc2Cl)ccc1Cl. The van der Waals surface area contributed by atoms with Gasteiger partial charge in [0.05, 0.1) is 22.8 Å². The molecule has 3 nitrogen and oxygen atoms in total. The van der Waals surface area contributed by atoms with E-state index in [9.17, 15) is 4.79 Å². The molecule has 6 heteroatoms. The number of aryl methyl sites for hydroxylation is 1. The summed E-state index contributed by atoms with van der Waals surface area (Å²) in [5, 5.41) is 1.24. The van der Waals surface area contributed by atoms with Crippen molar-refractivity contribution in [3.63, 3.8) is 0 Å². The molecule has 0 fully saturated rings. The highest BCUT2D eigenvalue weighted by Gasteiger charge is 2.16. The lowest BCUT2D eigenvalue weighted by atomic mass is 10.1. The molecule has 0 aliphatic heterocycles. The molecule has 20 heavy (non-hydrogen) atoms. The van der Waals surface area contributed by atoms with Gasteiger partial charge in [0, 0.05) is 10.6 Å². The highest BCUT2D eigenvalue weighted by molar-refractivity contribution is 6.37. The fourth-order valence-corrected chi connectivity index (χ4v) is 2.35. The van der Waals surface area contributed by atoms with Crippen molar-refractivity contribution < 1.29 is 9.53 Å². The number of ether oxygens (including phenoxy) is 1. The molecule has 0 unspecified atom stereocenters. The predicted octanol–water partition coefficient (Wildman–Crippen LogP) is 4.80. The van der Waals surface area contributed by atoms with Crippen LogP contribution in [0, 0.1) is 6.92 Å². The summed E-state index contributed by atoms with van der Waals surface area (Å²) < 4.78 is 4.64. The standard InChI is InChI=1S/C14H10Cl3NO2/c1-7-5-8(11(17)6-10(7)16)12-4-3-9(15)13(18-12)14(19)20-2/h3-6H,1-2H3. The molecule has 1 aromatic heterocycles. The number of pyridine rings is 1. The Morgan fingerprint density at radius 2 is 1.80 bits per heavy atom. The molecule has 0 aliphatic carbocycles. The monoisotopic (exact) mass is 329 g/mol. The maximum atomic E-state index is 11.6. The predicted molar refractivity (Wildman–Crippen MR) is 80.8 cm³/mol. The number of aromatic nitrogens is 1. The lowest BCUT2D eigenvalue weighted by Gasteiger charge is -2.09. The molecular weight excluding hydrogens is 321 g/mol. The number of methoxy groups -OCH3 is 1. The number of carbonyl (C=O) groups is 1. The number of benzene rings is 1. The van der Waals surface area contributed by atoms with Crippen LogP contribution in [0.3, 0.4) is 0 Å². The lowest BCUT2D eigenvalue weighted by Crippen LogP contribution is -2.06. The lowest BCUT2D eigenvalue weighted by molar-refractivity contribution is 0.0594.